The fourth-order valence-electron chi connectivity index (χ4n) is 5.96. The summed E-state index contributed by atoms with van der Waals surface area (Å²) < 4.78 is 70.0. The van der Waals surface area contributed by atoms with Crippen LogP contribution in [0.2, 0.25) is 0 Å². The summed E-state index contributed by atoms with van der Waals surface area (Å²) in [7, 11) is 0. The van der Waals surface area contributed by atoms with E-state index in [1.165, 1.54) is 75.8 Å². The van der Waals surface area contributed by atoms with E-state index in [9.17, 15) is 17.6 Å². The Morgan fingerprint density at radius 2 is 1.44 bits per heavy atom. The summed E-state index contributed by atoms with van der Waals surface area (Å²) >= 11 is 0. The fraction of sp³-hybridized carbons (Fsp3) is 0.515. The van der Waals surface area contributed by atoms with Crippen molar-refractivity contribution in [2.45, 2.75) is 96.8 Å². The monoisotopic (exact) mass is 546 g/mol. The van der Waals surface area contributed by atoms with Crippen LogP contribution < -0.4 is 4.74 Å². The van der Waals surface area contributed by atoms with Crippen LogP contribution in [0, 0.1) is 23.5 Å². The van der Waals surface area contributed by atoms with Gasteiger partial charge in [0.15, 0.2) is 11.6 Å². The standard InChI is InChI=1S/C33H39F5O/c1-2-3-4-5-6-23-7-9-24(10-8-23)11-12-25-14-19-29-28(21-25)18-17-27(32(29)35)16-13-26-15-20-31(30(34)22-26)39-33(36,37)38/h14-15,17-24H,2-13,16H2,1H3. The maximum Gasteiger partial charge on any atom is 0.573 e. The molecule has 0 spiro atoms. The molecule has 0 N–H and O–H groups in total. The topological polar surface area (TPSA) is 9.23 Å². The maximum absolute atomic E-state index is 15.3. The molecule has 0 aromatic heterocycles. The van der Waals surface area contributed by atoms with Gasteiger partial charge in [-0.25, -0.2) is 8.78 Å². The highest BCUT2D eigenvalue weighted by atomic mass is 19.4. The maximum atomic E-state index is 15.3. The second-order valence-corrected chi connectivity index (χ2v) is 11.2. The number of ether oxygens (including phenoxy) is 1. The number of fused-ring (bicyclic) bond motifs is 1. The summed E-state index contributed by atoms with van der Waals surface area (Å²) in [5.74, 6) is -0.562. The first-order valence-electron chi connectivity index (χ1n) is 14.5. The molecule has 0 heterocycles. The van der Waals surface area contributed by atoms with Crippen LogP contribution in [0.1, 0.15) is 87.8 Å². The van der Waals surface area contributed by atoms with Crippen molar-refractivity contribution in [3.05, 3.63) is 76.9 Å². The number of rotatable bonds is 12. The van der Waals surface area contributed by atoms with E-state index in [1.807, 2.05) is 18.2 Å². The summed E-state index contributed by atoms with van der Waals surface area (Å²) in [6.45, 7) is 2.26. The second-order valence-electron chi connectivity index (χ2n) is 11.2. The Morgan fingerprint density at radius 3 is 2.13 bits per heavy atom. The van der Waals surface area contributed by atoms with Crippen LogP contribution in [-0.2, 0) is 19.3 Å². The van der Waals surface area contributed by atoms with Gasteiger partial charge in [-0.2, -0.15) is 0 Å². The number of hydrogen-bond donors (Lipinski definition) is 0. The van der Waals surface area contributed by atoms with Gasteiger partial charge >= 0.3 is 6.36 Å². The number of unbranched alkanes of at least 4 members (excludes halogenated alkanes) is 3. The van der Waals surface area contributed by atoms with Gasteiger partial charge in [0.1, 0.15) is 5.82 Å². The minimum Gasteiger partial charge on any atom is -0.403 e. The van der Waals surface area contributed by atoms with Crippen LogP contribution in [0.25, 0.3) is 10.8 Å². The summed E-state index contributed by atoms with van der Waals surface area (Å²) in [4.78, 5) is 0. The molecule has 1 aliphatic rings. The zero-order valence-electron chi connectivity index (χ0n) is 22.8. The van der Waals surface area contributed by atoms with Crippen LogP contribution in [0.5, 0.6) is 5.75 Å². The summed E-state index contributed by atoms with van der Waals surface area (Å²) in [6, 6.07) is 12.9. The summed E-state index contributed by atoms with van der Waals surface area (Å²) in [5, 5.41) is 1.42. The van der Waals surface area contributed by atoms with E-state index in [1.54, 1.807) is 6.07 Å². The SMILES string of the molecule is CCCCCCC1CCC(CCc2ccc3c(F)c(CCc4ccc(OC(F)(F)F)c(F)c4)ccc3c2)CC1. The first kappa shape index (κ1) is 29.4. The first-order valence-corrected chi connectivity index (χ1v) is 14.5. The fourth-order valence-corrected chi connectivity index (χ4v) is 5.96. The van der Waals surface area contributed by atoms with E-state index in [-0.39, 0.29) is 5.82 Å². The van der Waals surface area contributed by atoms with E-state index >= 15 is 4.39 Å². The number of halogens is 5. The van der Waals surface area contributed by atoms with Crippen molar-refractivity contribution in [3.63, 3.8) is 0 Å². The molecule has 0 radical (unpaired) electrons. The molecule has 0 amide bonds. The second kappa shape index (κ2) is 13.6. The molecule has 3 aromatic rings. The smallest absolute Gasteiger partial charge is 0.403 e. The minimum absolute atomic E-state index is 0.296. The van der Waals surface area contributed by atoms with E-state index in [2.05, 4.69) is 17.7 Å². The van der Waals surface area contributed by atoms with Crippen molar-refractivity contribution in [1.82, 2.24) is 0 Å². The third-order valence-corrected chi connectivity index (χ3v) is 8.28. The lowest BCUT2D eigenvalue weighted by atomic mass is 9.77. The Morgan fingerprint density at radius 1 is 0.744 bits per heavy atom. The van der Waals surface area contributed by atoms with Gasteiger partial charge in [0, 0.05) is 5.39 Å². The Kier molecular flexibility index (Phi) is 10.3. The van der Waals surface area contributed by atoms with Gasteiger partial charge in [-0.05, 0) is 71.7 Å². The molecule has 0 bridgehead atoms. The van der Waals surface area contributed by atoms with Crippen molar-refractivity contribution in [2.75, 3.05) is 0 Å². The van der Waals surface area contributed by atoms with Gasteiger partial charge in [-0.15, -0.1) is 13.2 Å². The average Bonchev–Trinajstić information content (AvgIpc) is 2.91. The van der Waals surface area contributed by atoms with E-state index in [0.717, 1.165) is 35.8 Å². The molecular formula is C33H39F5O. The zero-order valence-corrected chi connectivity index (χ0v) is 22.8. The molecule has 0 unspecified atom stereocenters. The summed E-state index contributed by atoms with van der Waals surface area (Å²) in [5.41, 5.74) is 2.20. The van der Waals surface area contributed by atoms with Gasteiger partial charge in [-0.1, -0.05) is 101 Å². The predicted octanol–water partition coefficient (Wildman–Crippen LogP) is 10.5. The van der Waals surface area contributed by atoms with Crippen molar-refractivity contribution in [2.24, 2.45) is 11.8 Å². The molecule has 1 aliphatic carbocycles. The molecule has 3 aromatic carbocycles. The van der Waals surface area contributed by atoms with Gasteiger partial charge in [-0.3, -0.25) is 0 Å². The lowest BCUT2D eigenvalue weighted by Crippen LogP contribution is -2.18. The Hall–Kier alpha value is -2.63. The van der Waals surface area contributed by atoms with Gasteiger partial charge < -0.3 is 4.74 Å². The molecule has 0 aliphatic heterocycles. The molecule has 1 fully saturated rings. The van der Waals surface area contributed by atoms with Crippen LogP contribution in [0.3, 0.4) is 0 Å². The summed E-state index contributed by atoms with van der Waals surface area (Å²) in [6.07, 6.45) is 10.0. The number of alkyl halides is 3. The van der Waals surface area contributed by atoms with E-state index in [0.29, 0.717) is 29.4 Å². The molecule has 212 valence electrons. The van der Waals surface area contributed by atoms with Gasteiger partial charge in [0.05, 0.1) is 0 Å². The highest BCUT2D eigenvalue weighted by Crippen LogP contribution is 2.35. The Bertz CT molecular complexity index is 1210. The van der Waals surface area contributed by atoms with E-state index in [4.69, 9.17) is 0 Å². The quantitative estimate of drug-likeness (QED) is 0.162. The van der Waals surface area contributed by atoms with Crippen molar-refractivity contribution in [1.29, 1.82) is 0 Å². The van der Waals surface area contributed by atoms with Crippen molar-refractivity contribution in [3.8, 4) is 5.75 Å². The normalized spacial score (nSPS) is 18.0. The minimum atomic E-state index is -4.96. The Balaban J connectivity index is 1.29. The zero-order chi connectivity index (χ0) is 27.8. The molecule has 1 saturated carbocycles. The van der Waals surface area contributed by atoms with Gasteiger partial charge in [0.25, 0.3) is 0 Å². The highest BCUT2D eigenvalue weighted by Gasteiger charge is 2.32. The van der Waals surface area contributed by atoms with Crippen molar-refractivity contribution < 1.29 is 26.7 Å². The Labute approximate surface area is 228 Å². The largest absolute Gasteiger partial charge is 0.573 e. The van der Waals surface area contributed by atoms with Crippen molar-refractivity contribution >= 4 is 10.8 Å². The molecule has 4 rings (SSSR count). The molecule has 6 heteroatoms. The number of hydrogen-bond acceptors (Lipinski definition) is 1. The van der Waals surface area contributed by atoms with E-state index < -0.39 is 17.9 Å². The van der Waals surface area contributed by atoms with Crippen LogP contribution in [-0.4, -0.2) is 6.36 Å². The average molecular weight is 547 g/mol. The molecule has 0 saturated heterocycles. The molecule has 39 heavy (non-hydrogen) atoms. The lowest BCUT2D eigenvalue weighted by Gasteiger charge is -2.28. The molecule has 0 atom stereocenters. The number of benzene rings is 3. The van der Waals surface area contributed by atoms with Crippen LogP contribution in [0.4, 0.5) is 22.0 Å². The predicted molar refractivity (Wildman–Crippen MR) is 147 cm³/mol. The molecular weight excluding hydrogens is 507 g/mol. The van der Waals surface area contributed by atoms with Crippen LogP contribution >= 0.6 is 0 Å². The first-order chi connectivity index (χ1) is 18.7. The van der Waals surface area contributed by atoms with Gasteiger partial charge in [0.2, 0.25) is 0 Å². The molecule has 1 nitrogen and oxygen atoms in total. The lowest BCUT2D eigenvalue weighted by molar-refractivity contribution is -0.275. The third kappa shape index (κ3) is 8.68. The highest BCUT2D eigenvalue weighted by molar-refractivity contribution is 5.84. The van der Waals surface area contributed by atoms with Crippen LogP contribution in [0.15, 0.2) is 48.5 Å². The third-order valence-electron chi connectivity index (χ3n) is 8.28. The number of aryl methyl sites for hydroxylation is 3.